The van der Waals surface area contributed by atoms with Crippen molar-refractivity contribution in [2.45, 2.75) is 20.0 Å². The lowest BCUT2D eigenvalue weighted by Gasteiger charge is -2.12. The van der Waals surface area contributed by atoms with E-state index in [2.05, 4.69) is 36.5 Å². The molecule has 1 aliphatic heterocycles. The fraction of sp³-hybridized carbons (Fsp3) is 0.129. The van der Waals surface area contributed by atoms with Gasteiger partial charge in [0.05, 0.1) is 4.91 Å². The average Bonchev–Trinajstić information content (AvgIpc) is 3.20. The van der Waals surface area contributed by atoms with E-state index in [1.54, 1.807) is 18.2 Å². The molecule has 38 heavy (non-hydrogen) atoms. The quantitative estimate of drug-likeness (QED) is 0.262. The molecule has 0 aromatic heterocycles. The van der Waals surface area contributed by atoms with Crippen LogP contribution in [0.2, 0.25) is 0 Å². The van der Waals surface area contributed by atoms with Crippen LogP contribution in [-0.2, 0) is 22.6 Å². The van der Waals surface area contributed by atoms with Crippen LogP contribution in [0, 0.1) is 0 Å². The highest BCUT2D eigenvalue weighted by atomic mass is 32.2. The van der Waals surface area contributed by atoms with Crippen LogP contribution in [0.1, 0.15) is 23.6 Å². The van der Waals surface area contributed by atoms with Crippen LogP contribution in [0.3, 0.4) is 0 Å². The number of aryl methyl sites for hydroxylation is 1. The molecular formula is C31H26N2O4S. The molecule has 190 valence electrons. The van der Waals surface area contributed by atoms with Gasteiger partial charge >= 0.3 is 0 Å². The third-order valence-corrected chi connectivity index (χ3v) is 7.18. The molecule has 0 aliphatic carbocycles. The van der Waals surface area contributed by atoms with Gasteiger partial charge in [-0.2, -0.15) is 0 Å². The minimum absolute atomic E-state index is 0.277. The maximum atomic E-state index is 12.8. The second-order valence-corrected chi connectivity index (χ2v) is 9.86. The van der Waals surface area contributed by atoms with Gasteiger partial charge in [-0.25, -0.2) is 0 Å². The zero-order valence-electron chi connectivity index (χ0n) is 20.8. The first-order valence-corrected chi connectivity index (χ1v) is 13.2. The van der Waals surface area contributed by atoms with Crippen LogP contribution in [0.4, 0.5) is 10.5 Å². The first kappa shape index (κ1) is 25.3. The lowest BCUT2D eigenvalue weighted by molar-refractivity contribution is -0.127. The molecule has 4 aromatic rings. The summed E-state index contributed by atoms with van der Waals surface area (Å²) in [7, 11) is 0. The van der Waals surface area contributed by atoms with Gasteiger partial charge in [-0.15, -0.1) is 0 Å². The number of rotatable bonds is 8. The number of fused-ring (bicyclic) bond motifs is 1. The molecule has 1 fully saturated rings. The number of carbonyl (C=O) groups is 3. The number of ether oxygens (including phenoxy) is 1. The largest absolute Gasteiger partial charge is 0.489 e. The monoisotopic (exact) mass is 522 g/mol. The van der Waals surface area contributed by atoms with Crippen molar-refractivity contribution in [3.8, 4) is 5.75 Å². The van der Waals surface area contributed by atoms with Crippen LogP contribution in [0.15, 0.2) is 95.9 Å². The van der Waals surface area contributed by atoms with Crippen molar-refractivity contribution in [2.75, 3.05) is 11.9 Å². The number of imide groups is 1. The Morgan fingerprint density at radius 1 is 0.921 bits per heavy atom. The Labute approximate surface area is 225 Å². The molecule has 1 saturated heterocycles. The molecule has 1 aliphatic rings. The Bertz CT molecular complexity index is 1520. The molecule has 7 heteroatoms. The summed E-state index contributed by atoms with van der Waals surface area (Å²) in [6, 6.07) is 29.1. The predicted octanol–water partition coefficient (Wildman–Crippen LogP) is 6.66. The first-order valence-electron chi connectivity index (χ1n) is 12.3. The van der Waals surface area contributed by atoms with Crippen LogP contribution in [0.5, 0.6) is 5.75 Å². The van der Waals surface area contributed by atoms with Crippen molar-refractivity contribution in [3.63, 3.8) is 0 Å². The fourth-order valence-electron chi connectivity index (χ4n) is 4.20. The highest BCUT2D eigenvalue weighted by Gasteiger charge is 2.36. The lowest BCUT2D eigenvalue weighted by Crippen LogP contribution is -2.36. The highest BCUT2D eigenvalue weighted by molar-refractivity contribution is 8.18. The standard InChI is InChI=1S/C31H26N2O4S/c1-2-21-10-14-25(15-11-21)32-29(34)19-33-30(35)28(38-31(33)36)18-22-12-16-26(17-13-22)37-20-24-8-5-7-23-6-3-4-9-27(23)24/h3-18H,2,19-20H2,1H3,(H,32,34)/b28-18+. The predicted molar refractivity (Wildman–Crippen MR) is 152 cm³/mol. The van der Waals surface area contributed by atoms with Crippen LogP contribution in [-0.4, -0.2) is 28.5 Å². The number of benzene rings is 4. The smallest absolute Gasteiger partial charge is 0.294 e. The van der Waals surface area contributed by atoms with Gasteiger partial charge in [0.25, 0.3) is 11.1 Å². The number of hydrogen-bond donors (Lipinski definition) is 1. The van der Waals surface area contributed by atoms with Gasteiger partial charge in [0.15, 0.2) is 0 Å². The normalized spacial score (nSPS) is 14.3. The summed E-state index contributed by atoms with van der Waals surface area (Å²) in [5.41, 5.74) is 3.64. The molecule has 0 spiro atoms. The SMILES string of the molecule is CCc1ccc(NC(=O)CN2C(=O)S/C(=C/c3ccc(OCc4cccc5ccccc45)cc3)C2=O)cc1. The van der Waals surface area contributed by atoms with Crippen LogP contribution in [0.25, 0.3) is 16.8 Å². The molecule has 0 bridgehead atoms. The first-order chi connectivity index (χ1) is 18.5. The molecule has 0 saturated carbocycles. The molecule has 3 amide bonds. The maximum absolute atomic E-state index is 12.8. The van der Waals surface area contributed by atoms with E-state index in [0.717, 1.165) is 45.2 Å². The second-order valence-electron chi connectivity index (χ2n) is 8.86. The summed E-state index contributed by atoms with van der Waals surface area (Å²) in [4.78, 5) is 39.0. The third kappa shape index (κ3) is 5.79. The van der Waals surface area contributed by atoms with Crippen LogP contribution < -0.4 is 10.1 Å². The Morgan fingerprint density at radius 2 is 1.66 bits per heavy atom. The van der Waals surface area contributed by atoms with E-state index >= 15 is 0 Å². The highest BCUT2D eigenvalue weighted by Crippen LogP contribution is 2.32. The van der Waals surface area contributed by atoms with E-state index < -0.39 is 17.1 Å². The molecule has 5 rings (SSSR count). The molecular weight excluding hydrogens is 496 g/mol. The summed E-state index contributed by atoms with van der Waals surface area (Å²) in [5, 5.41) is 4.60. The van der Waals surface area contributed by atoms with Gasteiger partial charge in [0, 0.05) is 5.69 Å². The van der Waals surface area contributed by atoms with Crippen LogP contribution >= 0.6 is 11.8 Å². The molecule has 0 atom stereocenters. The topological polar surface area (TPSA) is 75.7 Å². The number of carbonyl (C=O) groups excluding carboxylic acids is 3. The molecule has 4 aromatic carbocycles. The summed E-state index contributed by atoms with van der Waals surface area (Å²) >= 11 is 0.830. The Balaban J connectivity index is 1.19. The van der Waals surface area contributed by atoms with Gasteiger partial charge in [-0.1, -0.05) is 73.7 Å². The van der Waals surface area contributed by atoms with E-state index in [1.807, 2.05) is 54.6 Å². The Morgan fingerprint density at radius 3 is 2.42 bits per heavy atom. The number of anilines is 1. The van der Waals surface area contributed by atoms with Gasteiger partial charge < -0.3 is 10.1 Å². The lowest BCUT2D eigenvalue weighted by atomic mass is 10.1. The number of amides is 3. The summed E-state index contributed by atoms with van der Waals surface area (Å²) in [5.74, 6) is -0.204. The maximum Gasteiger partial charge on any atom is 0.294 e. The zero-order chi connectivity index (χ0) is 26.5. The molecule has 0 unspecified atom stereocenters. The summed E-state index contributed by atoms with van der Waals surface area (Å²) in [6.45, 7) is 2.15. The Kier molecular flexibility index (Phi) is 7.56. The van der Waals surface area contributed by atoms with E-state index in [-0.39, 0.29) is 11.4 Å². The van der Waals surface area contributed by atoms with Crippen molar-refractivity contribution in [1.29, 1.82) is 0 Å². The van der Waals surface area contributed by atoms with Crippen molar-refractivity contribution in [2.24, 2.45) is 0 Å². The van der Waals surface area contributed by atoms with Gasteiger partial charge in [0.2, 0.25) is 5.91 Å². The van der Waals surface area contributed by atoms with Crippen molar-refractivity contribution in [3.05, 3.63) is 113 Å². The number of nitrogens with zero attached hydrogens (tertiary/aromatic N) is 1. The van der Waals surface area contributed by atoms with Crippen molar-refractivity contribution >= 4 is 51.4 Å². The number of hydrogen-bond acceptors (Lipinski definition) is 5. The van der Waals surface area contributed by atoms with Gasteiger partial charge in [-0.3, -0.25) is 19.3 Å². The Hall–Kier alpha value is -4.36. The minimum Gasteiger partial charge on any atom is -0.489 e. The molecule has 6 nitrogen and oxygen atoms in total. The van der Waals surface area contributed by atoms with Gasteiger partial charge in [-0.05, 0) is 76.0 Å². The van der Waals surface area contributed by atoms with Crippen molar-refractivity contribution in [1.82, 2.24) is 4.90 Å². The molecule has 1 N–H and O–H groups in total. The zero-order valence-corrected chi connectivity index (χ0v) is 21.7. The average molecular weight is 523 g/mol. The third-order valence-electron chi connectivity index (χ3n) is 6.27. The van der Waals surface area contributed by atoms with E-state index in [0.29, 0.717) is 18.0 Å². The minimum atomic E-state index is -0.479. The molecule has 1 heterocycles. The van der Waals surface area contributed by atoms with E-state index in [9.17, 15) is 14.4 Å². The van der Waals surface area contributed by atoms with Gasteiger partial charge in [0.1, 0.15) is 18.9 Å². The fourth-order valence-corrected chi connectivity index (χ4v) is 5.03. The summed E-state index contributed by atoms with van der Waals surface area (Å²) < 4.78 is 5.99. The number of nitrogens with one attached hydrogen (secondary N) is 1. The van der Waals surface area contributed by atoms with Crippen molar-refractivity contribution < 1.29 is 19.1 Å². The summed E-state index contributed by atoms with van der Waals surface area (Å²) in [6.07, 6.45) is 2.55. The van der Waals surface area contributed by atoms with E-state index in [4.69, 9.17) is 4.74 Å². The van der Waals surface area contributed by atoms with E-state index in [1.165, 1.54) is 5.39 Å². The molecule has 0 radical (unpaired) electrons. The second kappa shape index (κ2) is 11.4. The number of thioether (sulfide) groups is 1.